The van der Waals surface area contributed by atoms with Gasteiger partial charge >= 0.3 is 0 Å². The van der Waals surface area contributed by atoms with Crippen molar-refractivity contribution in [2.75, 3.05) is 11.4 Å². The molecule has 7 nitrogen and oxygen atoms in total. The normalized spacial score (nSPS) is 15.1. The van der Waals surface area contributed by atoms with Crippen molar-refractivity contribution in [1.29, 1.82) is 0 Å². The quantitative estimate of drug-likeness (QED) is 0.907. The smallest absolute Gasteiger partial charge is 0.225 e. The number of fused-ring (bicyclic) bond motifs is 1. The Hall–Kier alpha value is -2.02. The van der Waals surface area contributed by atoms with Gasteiger partial charge in [0.25, 0.3) is 0 Å². The summed E-state index contributed by atoms with van der Waals surface area (Å²) in [4.78, 5) is 11.1. The Bertz CT molecular complexity index is 597. The van der Waals surface area contributed by atoms with Crippen LogP contribution in [0.25, 0.3) is 0 Å². The van der Waals surface area contributed by atoms with Crippen LogP contribution < -0.4 is 10.2 Å². The highest BCUT2D eigenvalue weighted by Crippen LogP contribution is 2.15. The van der Waals surface area contributed by atoms with Crippen molar-refractivity contribution in [3.05, 3.63) is 30.1 Å². The van der Waals surface area contributed by atoms with Gasteiger partial charge < -0.3 is 14.8 Å². The van der Waals surface area contributed by atoms with Crippen molar-refractivity contribution in [3.8, 4) is 0 Å². The molecule has 0 bridgehead atoms. The van der Waals surface area contributed by atoms with E-state index in [1.54, 1.807) is 6.33 Å². The summed E-state index contributed by atoms with van der Waals surface area (Å²) in [5, 5.41) is 11.5. The molecule has 2 aromatic heterocycles. The van der Waals surface area contributed by atoms with Crippen LogP contribution >= 0.6 is 0 Å². The van der Waals surface area contributed by atoms with E-state index >= 15 is 0 Å². The van der Waals surface area contributed by atoms with E-state index in [9.17, 15) is 0 Å². The summed E-state index contributed by atoms with van der Waals surface area (Å²) in [5.74, 6) is 1.71. The molecule has 2 aromatic rings. The molecule has 1 aliphatic heterocycles. The molecule has 0 amide bonds. The Morgan fingerprint density at radius 1 is 1.19 bits per heavy atom. The highest BCUT2D eigenvalue weighted by molar-refractivity contribution is 5.31. The van der Waals surface area contributed by atoms with Crippen LogP contribution in [0.1, 0.15) is 32.2 Å². The summed E-state index contributed by atoms with van der Waals surface area (Å²) in [6.45, 7) is 9.67. The second kappa shape index (κ2) is 5.40. The maximum absolute atomic E-state index is 4.48. The Labute approximate surface area is 124 Å². The first-order valence-corrected chi connectivity index (χ1v) is 7.19. The molecule has 1 N–H and O–H groups in total. The fourth-order valence-corrected chi connectivity index (χ4v) is 2.21. The van der Waals surface area contributed by atoms with E-state index in [4.69, 9.17) is 0 Å². The van der Waals surface area contributed by atoms with E-state index in [2.05, 4.69) is 55.7 Å². The average molecular weight is 287 g/mol. The number of nitrogens with one attached hydrogen (secondary N) is 1. The molecule has 21 heavy (non-hydrogen) atoms. The third kappa shape index (κ3) is 3.36. The van der Waals surface area contributed by atoms with Crippen LogP contribution in [0, 0.1) is 0 Å². The molecule has 3 heterocycles. The first-order chi connectivity index (χ1) is 10.0. The number of nitrogens with zero attached hydrogens (tertiary/aromatic N) is 6. The van der Waals surface area contributed by atoms with Crippen LogP contribution in [0.15, 0.2) is 18.7 Å². The molecule has 7 heteroatoms. The van der Waals surface area contributed by atoms with Gasteiger partial charge in [0, 0.05) is 43.1 Å². The third-order valence-corrected chi connectivity index (χ3v) is 3.44. The number of aromatic nitrogens is 5. The van der Waals surface area contributed by atoms with E-state index in [1.165, 1.54) is 0 Å². The first-order valence-electron chi connectivity index (χ1n) is 7.19. The summed E-state index contributed by atoms with van der Waals surface area (Å²) >= 11 is 0. The van der Waals surface area contributed by atoms with Gasteiger partial charge in [0.1, 0.15) is 6.33 Å². The lowest BCUT2D eigenvalue weighted by molar-refractivity contribution is 0.423. The predicted octanol–water partition coefficient (Wildman–Crippen LogP) is 0.976. The molecule has 1 aliphatic rings. The van der Waals surface area contributed by atoms with Gasteiger partial charge in [0.2, 0.25) is 5.95 Å². The van der Waals surface area contributed by atoms with Gasteiger partial charge in [-0.05, 0) is 20.8 Å². The average Bonchev–Trinajstić information content (AvgIpc) is 2.92. The monoisotopic (exact) mass is 287 g/mol. The molecule has 0 aromatic carbocycles. The summed E-state index contributed by atoms with van der Waals surface area (Å²) in [5.41, 5.74) is 1.18. The summed E-state index contributed by atoms with van der Waals surface area (Å²) < 4.78 is 2.07. The van der Waals surface area contributed by atoms with E-state index in [0.29, 0.717) is 6.54 Å². The van der Waals surface area contributed by atoms with Crippen LogP contribution in [-0.4, -0.2) is 36.8 Å². The molecule has 0 unspecified atom stereocenters. The van der Waals surface area contributed by atoms with Gasteiger partial charge in [-0.15, -0.1) is 10.2 Å². The van der Waals surface area contributed by atoms with Crippen LogP contribution in [-0.2, 0) is 19.6 Å². The molecule has 0 saturated carbocycles. The van der Waals surface area contributed by atoms with Crippen molar-refractivity contribution >= 4 is 5.95 Å². The maximum Gasteiger partial charge on any atom is 0.225 e. The number of anilines is 1. The second-order valence-electron chi connectivity index (χ2n) is 6.36. The van der Waals surface area contributed by atoms with Crippen LogP contribution in [0.2, 0.25) is 0 Å². The zero-order valence-corrected chi connectivity index (χ0v) is 12.7. The van der Waals surface area contributed by atoms with Crippen LogP contribution in [0.4, 0.5) is 5.95 Å². The number of hydrogen-bond acceptors (Lipinski definition) is 6. The largest absolute Gasteiger partial charge is 0.331 e. The minimum absolute atomic E-state index is 0.0929. The minimum atomic E-state index is 0.0929. The lowest BCUT2D eigenvalue weighted by Gasteiger charge is -2.27. The third-order valence-electron chi connectivity index (χ3n) is 3.44. The topological polar surface area (TPSA) is 71.8 Å². The van der Waals surface area contributed by atoms with Crippen molar-refractivity contribution in [2.45, 2.75) is 45.9 Å². The van der Waals surface area contributed by atoms with Gasteiger partial charge in [0.15, 0.2) is 5.82 Å². The Morgan fingerprint density at radius 2 is 1.95 bits per heavy atom. The molecule has 0 spiro atoms. The van der Waals surface area contributed by atoms with Gasteiger partial charge in [0.05, 0.1) is 6.54 Å². The van der Waals surface area contributed by atoms with E-state index < -0.39 is 0 Å². The summed E-state index contributed by atoms with van der Waals surface area (Å²) in [6.07, 6.45) is 5.55. The molecule has 0 atom stereocenters. The number of rotatable bonds is 3. The highest BCUT2D eigenvalue weighted by Gasteiger charge is 2.19. The van der Waals surface area contributed by atoms with Crippen LogP contribution in [0.3, 0.4) is 0 Å². The molecular weight excluding hydrogens is 266 g/mol. The maximum atomic E-state index is 4.48. The van der Waals surface area contributed by atoms with Crippen molar-refractivity contribution in [1.82, 2.24) is 30.0 Å². The summed E-state index contributed by atoms with van der Waals surface area (Å²) in [6, 6.07) is 0. The summed E-state index contributed by atoms with van der Waals surface area (Å²) in [7, 11) is 0. The van der Waals surface area contributed by atoms with E-state index in [0.717, 1.165) is 37.0 Å². The fraction of sp³-hybridized carbons (Fsp3) is 0.571. The van der Waals surface area contributed by atoms with Gasteiger partial charge in [-0.2, -0.15) is 0 Å². The molecule has 0 saturated heterocycles. The van der Waals surface area contributed by atoms with Crippen molar-refractivity contribution < 1.29 is 0 Å². The van der Waals surface area contributed by atoms with E-state index in [1.807, 2.05) is 12.4 Å². The fourth-order valence-electron chi connectivity index (χ4n) is 2.21. The Morgan fingerprint density at radius 3 is 2.67 bits per heavy atom. The first kappa shape index (κ1) is 13.9. The standard InChI is InChI=1S/C14H21N7/c1-14(2,3)17-8-11-6-15-13(16-7-11)20-4-5-21-10-18-19-12(21)9-20/h6-7,10,17H,4-5,8-9H2,1-3H3. The Kier molecular flexibility index (Phi) is 3.59. The predicted molar refractivity (Wildman–Crippen MR) is 79.7 cm³/mol. The van der Waals surface area contributed by atoms with Gasteiger partial charge in [-0.3, -0.25) is 0 Å². The zero-order chi connectivity index (χ0) is 14.9. The molecule has 0 fully saturated rings. The molecule has 112 valence electrons. The molecular formula is C14H21N7. The SMILES string of the molecule is CC(C)(C)NCc1cnc(N2CCn3cnnc3C2)nc1. The highest BCUT2D eigenvalue weighted by atomic mass is 15.3. The molecule has 0 aliphatic carbocycles. The minimum Gasteiger partial charge on any atom is -0.331 e. The lowest BCUT2D eigenvalue weighted by atomic mass is 10.1. The van der Waals surface area contributed by atoms with Crippen molar-refractivity contribution in [2.24, 2.45) is 0 Å². The molecule has 3 rings (SSSR count). The second-order valence-corrected chi connectivity index (χ2v) is 6.36. The lowest BCUT2D eigenvalue weighted by Crippen LogP contribution is -2.36. The van der Waals surface area contributed by atoms with Crippen molar-refractivity contribution in [3.63, 3.8) is 0 Å². The van der Waals surface area contributed by atoms with Gasteiger partial charge in [-0.1, -0.05) is 0 Å². The van der Waals surface area contributed by atoms with Gasteiger partial charge in [-0.25, -0.2) is 9.97 Å². The zero-order valence-electron chi connectivity index (χ0n) is 12.7. The number of hydrogen-bond donors (Lipinski definition) is 1. The Balaban J connectivity index is 1.65. The molecule has 0 radical (unpaired) electrons. The van der Waals surface area contributed by atoms with E-state index in [-0.39, 0.29) is 5.54 Å². The van der Waals surface area contributed by atoms with Crippen LogP contribution in [0.5, 0.6) is 0 Å².